The standard InChI is InChI=1S/C36H35N7O5/c1-35(2,3)48-34(47)43-18-15-27-26(30(43)44)20-28(42(27)4)29-23(21-38-33(37)41-29)14-13-22-9-8-12-25(19-22)40-32(46)36(16-17-36)31(45)39-24-10-6-5-7-11-24/h5-12,19-21H,15-18H2,1-4H3,(H,39,45)(H,40,46)(H2,37,38,41). The Bertz CT molecular complexity index is 2010. The predicted molar refractivity (Wildman–Crippen MR) is 180 cm³/mol. The van der Waals surface area contributed by atoms with Crippen molar-refractivity contribution in [3.05, 3.63) is 89.2 Å². The molecular formula is C36H35N7O5. The van der Waals surface area contributed by atoms with E-state index < -0.39 is 23.0 Å². The van der Waals surface area contributed by atoms with Crippen LogP contribution in [0.2, 0.25) is 0 Å². The summed E-state index contributed by atoms with van der Waals surface area (Å²) < 4.78 is 7.29. The first kappa shape index (κ1) is 32.0. The highest BCUT2D eigenvalue weighted by Crippen LogP contribution is 2.47. The topological polar surface area (TPSA) is 162 Å². The molecule has 0 spiro atoms. The molecule has 1 saturated carbocycles. The molecular weight excluding hydrogens is 610 g/mol. The van der Waals surface area contributed by atoms with E-state index >= 15 is 0 Å². The second-order valence-electron chi connectivity index (χ2n) is 12.8. The van der Waals surface area contributed by atoms with E-state index in [0.29, 0.717) is 58.7 Å². The van der Waals surface area contributed by atoms with Gasteiger partial charge in [-0.3, -0.25) is 14.4 Å². The summed E-state index contributed by atoms with van der Waals surface area (Å²) in [6.45, 7) is 5.42. The van der Waals surface area contributed by atoms with Crippen molar-refractivity contribution in [2.75, 3.05) is 22.9 Å². The van der Waals surface area contributed by atoms with Gasteiger partial charge in [0.1, 0.15) is 16.7 Å². The second kappa shape index (κ2) is 12.3. The third-order valence-electron chi connectivity index (χ3n) is 8.18. The monoisotopic (exact) mass is 645 g/mol. The van der Waals surface area contributed by atoms with E-state index in [0.717, 1.165) is 10.6 Å². The fraction of sp³-hybridized carbons (Fsp3) is 0.278. The zero-order valence-corrected chi connectivity index (χ0v) is 27.1. The maximum Gasteiger partial charge on any atom is 0.417 e. The van der Waals surface area contributed by atoms with Gasteiger partial charge in [-0.2, -0.15) is 0 Å². The Morgan fingerprint density at radius 3 is 2.33 bits per heavy atom. The molecule has 244 valence electrons. The van der Waals surface area contributed by atoms with Crippen molar-refractivity contribution >= 4 is 41.1 Å². The van der Waals surface area contributed by atoms with Crippen LogP contribution in [0, 0.1) is 17.3 Å². The van der Waals surface area contributed by atoms with Gasteiger partial charge in [0.05, 0.1) is 16.8 Å². The fourth-order valence-corrected chi connectivity index (χ4v) is 5.52. The molecule has 4 amide bonds. The van der Waals surface area contributed by atoms with Crippen LogP contribution < -0.4 is 16.4 Å². The number of nitrogens with two attached hydrogens (primary N) is 1. The highest BCUT2D eigenvalue weighted by molar-refractivity contribution is 6.17. The highest BCUT2D eigenvalue weighted by Gasteiger charge is 2.56. The summed E-state index contributed by atoms with van der Waals surface area (Å²) in [6.07, 6.45) is 2.18. The minimum absolute atomic E-state index is 0.0337. The second-order valence-corrected chi connectivity index (χ2v) is 12.8. The first-order valence-corrected chi connectivity index (χ1v) is 15.5. The van der Waals surface area contributed by atoms with Gasteiger partial charge in [0.2, 0.25) is 17.8 Å². The molecule has 1 fully saturated rings. The number of aromatic nitrogens is 3. The minimum atomic E-state index is -1.12. The first-order chi connectivity index (χ1) is 22.8. The molecule has 12 nitrogen and oxygen atoms in total. The van der Waals surface area contributed by atoms with Crippen LogP contribution in [0.5, 0.6) is 0 Å². The SMILES string of the molecule is Cn1c(-c2nc(N)ncc2C#Cc2cccc(NC(=O)C3(C(=O)Nc4ccccc4)CC3)c2)cc2c1CCN(C(=O)OC(C)(C)C)C2=O. The third kappa shape index (κ3) is 6.48. The maximum atomic E-state index is 13.4. The number of hydrogen-bond acceptors (Lipinski definition) is 8. The van der Waals surface area contributed by atoms with E-state index in [9.17, 15) is 19.2 Å². The van der Waals surface area contributed by atoms with Gasteiger partial charge >= 0.3 is 6.09 Å². The van der Waals surface area contributed by atoms with Crippen molar-refractivity contribution in [1.29, 1.82) is 0 Å². The molecule has 2 aromatic carbocycles. The molecule has 1 aliphatic heterocycles. The van der Waals surface area contributed by atoms with Crippen molar-refractivity contribution in [2.24, 2.45) is 12.5 Å². The molecule has 6 rings (SSSR count). The summed E-state index contributed by atoms with van der Waals surface area (Å²) in [4.78, 5) is 62.0. The van der Waals surface area contributed by atoms with Crippen LogP contribution in [0.3, 0.4) is 0 Å². The van der Waals surface area contributed by atoms with E-state index in [1.807, 2.05) is 29.8 Å². The van der Waals surface area contributed by atoms with Gasteiger partial charge < -0.3 is 25.7 Å². The summed E-state index contributed by atoms with van der Waals surface area (Å²) in [7, 11) is 1.82. The van der Waals surface area contributed by atoms with Crippen molar-refractivity contribution in [1.82, 2.24) is 19.4 Å². The van der Waals surface area contributed by atoms with Crippen LogP contribution in [0.4, 0.5) is 22.1 Å². The molecule has 48 heavy (non-hydrogen) atoms. The number of benzene rings is 2. The predicted octanol–water partition coefficient (Wildman–Crippen LogP) is 4.75. The molecule has 2 aromatic heterocycles. The third-order valence-corrected chi connectivity index (χ3v) is 8.18. The number of carbonyl (C=O) groups excluding carboxylic acids is 4. The number of amides is 4. The molecule has 4 aromatic rings. The average molecular weight is 646 g/mol. The average Bonchev–Trinajstić information content (AvgIpc) is 3.79. The summed E-state index contributed by atoms with van der Waals surface area (Å²) in [5, 5.41) is 5.71. The normalized spacial score (nSPS) is 14.7. The van der Waals surface area contributed by atoms with Gasteiger partial charge in [-0.15, -0.1) is 0 Å². The number of nitrogen functional groups attached to an aromatic ring is 1. The van der Waals surface area contributed by atoms with E-state index in [1.165, 1.54) is 6.20 Å². The number of rotatable bonds is 5. The molecule has 0 bridgehead atoms. The van der Waals surface area contributed by atoms with E-state index in [4.69, 9.17) is 10.5 Å². The van der Waals surface area contributed by atoms with Crippen molar-refractivity contribution in [3.63, 3.8) is 0 Å². The number of nitrogens with zero attached hydrogens (tertiary/aromatic N) is 4. The van der Waals surface area contributed by atoms with Gasteiger partial charge in [0.15, 0.2) is 0 Å². The molecule has 3 heterocycles. The van der Waals surface area contributed by atoms with Gasteiger partial charge in [-0.05, 0) is 70.0 Å². The van der Waals surface area contributed by atoms with Crippen LogP contribution in [0.25, 0.3) is 11.4 Å². The molecule has 4 N–H and O–H groups in total. The zero-order valence-electron chi connectivity index (χ0n) is 27.1. The Kier molecular flexibility index (Phi) is 8.22. The van der Waals surface area contributed by atoms with Gasteiger partial charge in [-0.1, -0.05) is 36.1 Å². The van der Waals surface area contributed by atoms with Gasteiger partial charge in [0, 0.05) is 48.8 Å². The lowest BCUT2D eigenvalue weighted by molar-refractivity contribution is -0.131. The van der Waals surface area contributed by atoms with Gasteiger partial charge in [-0.25, -0.2) is 19.7 Å². The lowest BCUT2D eigenvalue weighted by atomic mass is 10.0. The lowest BCUT2D eigenvalue weighted by Gasteiger charge is -2.28. The van der Waals surface area contributed by atoms with Crippen molar-refractivity contribution in [3.8, 4) is 23.2 Å². The number of para-hydroxylation sites is 1. The van der Waals surface area contributed by atoms with E-state index in [-0.39, 0.29) is 24.3 Å². The molecule has 0 radical (unpaired) electrons. The van der Waals surface area contributed by atoms with Crippen molar-refractivity contribution < 1.29 is 23.9 Å². The van der Waals surface area contributed by atoms with Crippen LogP contribution in [0.15, 0.2) is 66.9 Å². The molecule has 0 unspecified atom stereocenters. The summed E-state index contributed by atoms with van der Waals surface area (Å²) in [6, 6.07) is 17.7. The van der Waals surface area contributed by atoms with Crippen LogP contribution in [0.1, 0.15) is 60.8 Å². The van der Waals surface area contributed by atoms with Gasteiger partial charge in [0.25, 0.3) is 5.91 Å². The van der Waals surface area contributed by atoms with Crippen LogP contribution in [-0.4, -0.2) is 55.4 Å². The summed E-state index contributed by atoms with van der Waals surface area (Å²) >= 11 is 0. The Hall–Kier alpha value is -5.96. The van der Waals surface area contributed by atoms with Crippen molar-refractivity contribution in [2.45, 2.75) is 45.6 Å². The van der Waals surface area contributed by atoms with Crippen LogP contribution in [-0.2, 0) is 27.8 Å². The molecule has 2 aliphatic rings. The largest absolute Gasteiger partial charge is 0.443 e. The quantitative estimate of drug-likeness (QED) is 0.207. The first-order valence-electron chi connectivity index (χ1n) is 15.5. The number of carbonyl (C=O) groups is 4. The summed E-state index contributed by atoms with van der Waals surface area (Å²) in [5.41, 5.74) is 8.45. The van der Waals surface area contributed by atoms with E-state index in [2.05, 4.69) is 32.4 Å². The Morgan fingerprint density at radius 1 is 0.958 bits per heavy atom. The summed E-state index contributed by atoms with van der Waals surface area (Å²) in [5.74, 6) is 5.08. The smallest absolute Gasteiger partial charge is 0.417 e. The molecule has 0 atom stereocenters. The number of hydrogen-bond donors (Lipinski definition) is 3. The minimum Gasteiger partial charge on any atom is -0.443 e. The Balaban J connectivity index is 1.22. The highest BCUT2D eigenvalue weighted by atomic mass is 16.6. The molecule has 1 aliphatic carbocycles. The van der Waals surface area contributed by atoms with E-state index in [1.54, 1.807) is 63.2 Å². The zero-order chi connectivity index (χ0) is 34.2. The number of fused-ring (bicyclic) bond motifs is 1. The number of nitrogens with one attached hydrogen (secondary N) is 2. The molecule has 12 heteroatoms. The Morgan fingerprint density at radius 2 is 1.65 bits per heavy atom. The number of anilines is 3. The number of imide groups is 1. The Labute approximate surface area is 277 Å². The number of ether oxygens (including phenoxy) is 1. The fourth-order valence-electron chi connectivity index (χ4n) is 5.52. The lowest BCUT2D eigenvalue weighted by Crippen LogP contribution is -2.44. The maximum absolute atomic E-state index is 13.4. The molecule has 0 saturated heterocycles. The van der Waals surface area contributed by atoms with Crippen LogP contribution >= 0.6 is 0 Å².